The molecule has 0 aliphatic carbocycles. The standard InChI is InChI=1S/C19H19N3O3/c1-24-15-7-3-5-13(9-15)11-20-19(23)17-12-21-22-18(17)14-6-4-8-16(10-14)25-2/h3-10,12H,11H2,1-2H3,(H,20,23)(H,21,22). The van der Waals surface area contributed by atoms with E-state index in [0.29, 0.717) is 17.8 Å². The van der Waals surface area contributed by atoms with Crippen molar-refractivity contribution in [3.63, 3.8) is 0 Å². The molecule has 1 heterocycles. The molecule has 0 radical (unpaired) electrons. The molecule has 2 aromatic carbocycles. The highest BCUT2D eigenvalue weighted by atomic mass is 16.5. The number of aromatic nitrogens is 2. The van der Waals surface area contributed by atoms with E-state index in [-0.39, 0.29) is 5.91 Å². The summed E-state index contributed by atoms with van der Waals surface area (Å²) in [5, 5.41) is 9.80. The van der Waals surface area contributed by atoms with Crippen LogP contribution in [-0.4, -0.2) is 30.3 Å². The van der Waals surface area contributed by atoms with Crippen molar-refractivity contribution in [2.75, 3.05) is 14.2 Å². The maximum atomic E-state index is 12.5. The molecule has 0 saturated heterocycles. The summed E-state index contributed by atoms with van der Waals surface area (Å²) in [4.78, 5) is 12.5. The highest BCUT2D eigenvalue weighted by Crippen LogP contribution is 2.25. The summed E-state index contributed by atoms with van der Waals surface area (Å²) in [7, 11) is 3.22. The van der Waals surface area contributed by atoms with Crippen molar-refractivity contribution in [1.82, 2.24) is 15.5 Å². The number of carbonyl (C=O) groups is 1. The van der Waals surface area contributed by atoms with Gasteiger partial charge in [0.1, 0.15) is 11.5 Å². The lowest BCUT2D eigenvalue weighted by atomic mass is 10.1. The predicted molar refractivity (Wildman–Crippen MR) is 94.7 cm³/mol. The Hall–Kier alpha value is -3.28. The molecule has 3 aromatic rings. The summed E-state index contributed by atoms with van der Waals surface area (Å²) in [5.74, 6) is 1.27. The second-order valence-corrected chi connectivity index (χ2v) is 5.42. The largest absolute Gasteiger partial charge is 0.497 e. The highest BCUT2D eigenvalue weighted by Gasteiger charge is 2.15. The molecule has 0 bridgehead atoms. The van der Waals surface area contributed by atoms with Crippen LogP contribution in [0, 0.1) is 0 Å². The summed E-state index contributed by atoms with van der Waals surface area (Å²) in [6, 6.07) is 15.0. The number of nitrogens with zero attached hydrogens (tertiary/aromatic N) is 1. The third-order valence-corrected chi connectivity index (χ3v) is 3.83. The Kier molecular flexibility index (Phi) is 4.99. The summed E-state index contributed by atoms with van der Waals surface area (Å²) >= 11 is 0. The first-order valence-corrected chi connectivity index (χ1v) is 7.80. The molecular weight excluding hydrogens is 318 g/mol. The summed E-state index contributed by atoms with van der Waals surface area (Å²) in [5.41, 5.74) is 2.93. The summed E-state index contributed by atoms with van der Waals surface area (Å²) in [6.07, 6.45) is 1.52. The van der Waals surface area contributed by atoms with Gasteiger partial charge in [-0.25, -0.2) is 0 Å². The van der Waals surface area contributed by atoms with Crippen molar-refractivity contribution in [3.05, 3.63) is 65.9 Å². The number of hydrogen-bond donors (Lipinski definition) is 2. The molecule has 1 amide bonds. The Morgan fingerprint density at radius 1 is 1.08 bits per heavy atom. The lowest BCUT2D eigenvalue weighted by molar-refractivity contribution is 0.0951. The van der Waals surface area contributed by atoms with E-state index in [0.717, 1.165) is 22.6 Å². The van der Waals surface area contributed by atoms with Crippen molar-refractivity contribution in [3.8, 4) is 22.8 Å². The van der Waals surface area contributed by atoms with Crippen LogP contribution < -0.4 is 14.8 Å². The zero-order valence-corrected chi connectivity index (χ0v) is 14.1. The molecule has 0 spiro atoms. The van der Waals surface area contributed by atoms with E-state index in [4.69, 9.17) is 9.47 Å². The molecule has 0 aliphatic heterocycles. The van der Waals surface area contributed by atoms with Gasteiger partial charge in [-0.05, 0) is 29.8 Å². The third kappa shape index (κ3) is 3.80. The van der Waals surface area contributed by atoms with Crippen LogP contribution in [0.2, 0.25) is 0 Å². The monoisotopic (exact) mass is 337 g/mol. The van der Waals surface area contributed by atoms with E-state index in [2.05, 4.69) is 15.5 Å². The summed E-state index contributed by atoms with van der Waals surface area (Å²) < 4.78 is 10.4. The van der Waals surface area contributed by atoms with Gasteiger partial charge >= 0.3 is 0 Å². The Balaban J connectivity index is 1.76. The molecule has 6 nitrogen and oxygen atoms in total. The lowest BCUT2D eigenvalue weighted by Crippen LogP contribution is -2.23. The number of hydrogen-bond acceptors (Lipinski definition) is 4. The van der Waals surface area contributed by atoms with Crippen LogP contribution in [-0.2, 0) is 6.54 Å². The van der Waals surface area contributed by atoms with Gasteiger partial charge in [-0.3, -0.25) is 9.89 Å². The van der Waals surface area contributed by atoms with E-state index in [1.807, 2.05) is 48.5 Å². The van der Waals surface area contributed by atoms with Crippen LogP contribution in [0.4, 0.5) is 0 Å². The molecule has 0 saturated carbocycles. The van der Waals surface area contributed by atoms with Crippen LogP contribution in [0.1, 0.15) is 15.9 Å². The van der Waals surface area contributed by atoms with E-state index in [1.165, 1.54) is 6.20 Å². The first kappa shape index (κ1) is 16.6. The predicted octanol–water partition coefficient (Wildman–Crippen LogP) is 3.02. The van der Waals surface area contributed by atoms with Crippen LogP contribution in [0.25, 0.3) is 11.3 Å². The average molecular weight is 337 g/mol. The minimum atomic E-state index is -0.200. The minimum absolute atomic E-state index is 0.200. The van der Waals surface area contributed by atoms with Crippen LogP contribution >= 0.6 is 0 Å². The number of rotatable bonds is 6. The van der Waals surface area contributed by atoms with Gasteiger partial charge in [0.2, 0.25) is 0 Å². The fourth-order valence-corrected chi connectivity index (χ4v) is 2.52. The van der Waals surface area contributed by atoms with Crippen LogP contribution in [0.5, 0.6) is 11.5 Å². The Bertz CT molecular complexity index is 874. The molecule has 128 valence electrons. The van der Waals surface area contributed by atoms with Crippen molar-refractivity contribution in [1.29, 1.82) is 0 Å². The Morgan fingerprint density at radius 3 is 2.56 bits per heavy atom. The first-order chi connectivity index (χ1) is 12.2. The maximum Gasteiger partial charge on any atom is 0.255 e. The Morgan fingerprint density at radius 2 is 1.80 bits per heavy atom. The number of ether oxygens (including phenoxy) is 2. The van der Waals surface area contributed by atoms with Crippen molar-refractivity contribution in [2.24, 2.45) is 0 Å². The Labute approximate surface area is 145 Å². The van der Waals surface area contributed by atoms with Crippen LogP contribution in [0.15, 0.2) is 54.7 Å². The number of amides is 1. The van der Waals surface area contributed by atoms with Gasteiger partial charge in [0, 0.05) is 12.1 Å². The van der Waals surface area contributed by atoms with Gasteiger partial charge in [0.25, 0.3) is 5.91 Å². The maximum absolute atomic E-state index is 12.5. The van der Waals surface area contributed by atoms with Gasteiger partial charge in [0.05, 0.1) is 31.7 Å². The molecule has 0 fully saturated rings. The van der Waals surface area contributed by atoms with Gasteiger partial charge in [-0.15, -0.1) is 0 Å². The molecule has 2 N–H and O–H groups in total. The molecule has 6 heteroatoms. The lowest BCUT2D eigenvalue weighted by Gasteiger charge is -2.08. The molecule has 3 rings (SSSR count). The van der Waals surface area contributed by atoms with Gasteiger partial charge in [-0.2, -0.15) is 5.10 Å². The van der Waals surface area contributed by atoms with Gasteiger partial charge < -0.3 is 14.8 Å². The van der Waals surface area contributed by atoms with Crippen molar-refractivity contribution < 1.29 is 14.3 Å². The van der Waals surface area contributed by atoms with E-state index >= 15 is 0 Å². The first-order valence-electron chi connectivity index (χ1n) is 7.80. The summed E-state index contributed by atoms with van der Waals surface area (Å²) in [6.45, 7) is 0.402. The van der Waals surface area contributed by atoms with Crippen molar-refractivity contribution >= 4 is 5.91 Å². The molecule has 25 heavy (non-hydrogen) atoms. The second-order valence-electron chi connectivity index (χ2n) is 5.42. The number of carbonyl (C=O) groups excluding carboxylic acids is 1. The smallest absolute Gasteiger partial charge is 0.255 e. The fraction of sp³-hybridized carbons (Fsp3) is 0.158. The molecule has 0 unspecified atom stereocenters. The average Bonchev–Trinajstić information content (AvgIpc) is 3.16. The topological polar surface area (TPSA) is 76.2 Å². The normalized spacial score (nSPS) is 10.3. The zero-order chi connectivity index (χ0) is 17.6. The number of benzene rings is 2. The zero-order valence-electron chi connectivity index (χ0n) is 14.1. The third-order valence-electron chi connectivity index (χ3n) is 3.83. The molecule has 0 aliphatic rings. The SMILES string of the molecule is COc1cccc(CNC(=O)c2cn[nH]c2-c2cccc(OC)c2)c1. The molecule has 1 aromatic heterocycles. The van der Waals surface area contributed by atoms with E-state index in [1.54, 1.807) is 14.2 Å². The number of aromatic amines is 1. The molecule has 0 atom stereocenters. The van der Waals surface area contributed by atoms with E-state index < -0.39 is 0 Å². The van der Waals surface area contributed by atoms with Crippen molar-refractivity contribution in [2.45, 2.75) is 6.54 Å². The highest BCUT2D eigenvalue weighted by molar-refractivity contribution is 5.99. The van der Waals surface area contributed by atoms with Crippen LogP contribution in [0.3, 0.4) is 0 Å². The molecular formula is C19H19N3O3. The minimum Gasteiger partial charge on any atom is -0.497 e. The van der Waals surface area contributed by atoms with Gasteiger partial charge in [0.15, 0.2) is 0 Å². The number of methoxy groups -OCH3 is 2. The van der Waals surface area contributed by atoms with Gasteiger partial charge in [-0.1, -0.05) is 24.3 Å². The number of H-pyrrole nitrogens is 1. The van der Waals surface area contributed by atoms with E-state index in [9.17, 15) is 4.79 Å². The number of nitrogens with one attached hydrogen (secondary N) is 2. The second kappa shape index (κ2) is 7.53. The fourth-order valence-electron chi connectivity index (χ4n) is 2.52. The quantitative estimate of drug-likeness (QED) is 0.725.